The molecule has 2 N–H and O–H groups in total. The molecule has 0 aliphatic carbocycles. The molecule has 4 heteroatoms. The van der Waals surface area contributed by atoms with Crippen LogP contribution in [0.2, 0.25) is 0 Å². The molecule has 278 valence electrons. The Kier molecular flexibility index (Phi) is 39.9. The Bertz CT molecular complexity index is 504. The molecule has 0 amide bonds. The fourth-order valence-corrected chi connectivity index (χ4v) is 7.32. The molecule has 0 saturated heterocycles. The van der Waals surface area contributed by atoms with E-state index in [0.29, 0.717) is 13.1 Å². The molecule has 0 fully saturated rings. The van der Waals surface area contributed by atoms with Crippen molar-refractivity contribution in [2.45, 2.75) is 244 Å². The fourth-order valence-electron chi connectivity index (χ4n) is 7.03. The first-order chi connectivity index (χ1) is 22.6. The lowest BCUT2D eigenvalue weighted by molar-refractivity contribution is 0.0639. The third-order valence-corrected chi connectivity index (χ3v) is 10.3. The van der Waals surface area contributed by atoms with Gasteiger partial charge in [0.1, 0.15) is 0 Å². The molecule has 0 aliphatic heterocycles. The summed E-state index contributed by atoms with van der Waals surface area (Å²) in [6.07, 6.45) is 45.4. The SMILES string of the molecule is CCCCCCCCCCCCCCCCCCC(O)CN(CCS)CC(O)CCCCCCCCCCCCCCCCCC. The van der Waals surface area contributed by atoms with Crippen molar-refractivity contribution in [3.63, 3.8) is 0 Å². The zero-order valence-electron chi connectivity index (χ0n) is 31.8. The minimum Gasteiger partial charge on any atom is -0.392 e. The number of hydrogen-bond acceptors (Lipinski definition) is 4. The molecule has 3 nitrogen and oxygen atoms in total. The maximum Gasteiger partial charge on any atom is 0.0667 e. The first-order valence-electron chi connectivity index (χ1n) is 21.3. The van der Waals surface area contributed by atoms with Crippen LogP contribution < -0.4 is 0 Å². The van der Waals surface area contributed by atoms with Gasteiger partial charge < -0.3 is 10.2 Å². The van der Waals surface area contributed by atoms with Gasteiger partial charge in [0.15, 0.2) is 0 Å². The van der Waals surface area contributed by atoms with Gasteiger partial charge in [-0.25, -0.2) is 0 Å². The minimum atomic E-state index is -0.283. The Balaban J connectivity index is 3.58. The number of aliphatic hydroxyl groups is 2. The van der Waals surface area contributed by atoms with Crippen LogP contribution in [0.5, 0.6) is 0 Å². The number of nitrogens with zero attached hydrogens (tertiary/aromatic N) is 1. The summed E-state index contributed by atoms with van der Waals surface area (Å²) in [7, 11) is 0. The van der Waals surface area contributed by atoms with Crippen LogP contribution in [0.3, 0.4) is 0 Å². The Morgan fingerprint density at radius 1 is 0.370 bits per heavy atom. The van der Waals surface area contributed by atoms with Crippen molar-refractivity contribution in [2.24, 2.45) is 0 Å². The lowest BCUT2D eigenvalue weighted by Crippen LogP contribution is -2.39. The molecular formula is C42H87NO2S. The summed E-state index contributed by atoms with van der Waals surface area (Å²) in [6.45, 7) is 6.78. The average molecular weight is 670 g/mol. The molecule has 0 heterocycles. The molecular weight excluding hydrogens is 583 g/mol. The third-order valence-electron chi connectivity index (χ3n) is 10.1. The molecule has 0 saturated carbocycles. The quantitative estimate of drug-likeness (QED) is 0.0449. The number of unbranched alkanes of at least 4 members (excludes halogenated alkanes) is 30. The maximum absolute atomic E-state index is 10.7. The van der Waals surface area contributed by atoms with Crippen LogP contribution in [0, 0.1) is 0 Å². The number of thiol groups is 1. The standard InChI is InChI=1S/C42H87NO2S/c1-3-5-7-9-11-13-15-17-19-21-23-25-27-29-31-33-35-41(44)39-43(37-38-46)40-42(45)36-34-32-30-28-26-24-22-20-18-16-14-12-10-8-6-4-2/h41-42,44-46H,3-40H2,1-2H3. The molecule has 0 spiro atoms. The highest BCUT2D eigenvalue weighted by molar-refractivity contribution is 7.80. The lowest BCUT2D eigenvalue weighted by atomic mass is 10.0. The summed E-state index contributed by atoms with van der Waals surface area (Å²) < 4.78 is 0. The van der Waals surface area contributed by atoms with E-state index < -0.39 is 0 Å². The zero-order valence-corrected chi connectivity index (χ0v) is 32.7. The minimum absolute atomic E-state index is 0.283. The van der Waals surface area contributed by atoms with E-state index in [1.807, 2.05) is 0 Å². The van der Waals surface area contributed by atoms with E-state index in [1.54, 1.807) is 0 Å². The summed E-state index contributed by atoms with van der Waals surface area (Å²) in [5.74, 6) is 0.775. The van der Waals surface area contributed by atoms with Gasteiger partial charge in [-0.05, 0) is 12.8 Å². The van der Waals surface area contributed by atoms with E-state index in [0.717, 1.165) is 38.0 Å². The van der Waals surface area contributed by atoms with Crippen molar-refractivity contribution in [1.82, 2.24) is 4.90 Å². The summed E-state index contributed by atoms with van der Waals surface area (Å²) in [5, 5.41) is 21.3. The van der Waals surface area contributed by atoms with E-state index in [2.05, 4.69) is 31.4 Å². The highest BCUT2D eigenvalue weighted by atomic mass is 32.1. The van der Waals surface area contributed by atoms with Crippen molar-refractivity contribution in [2.75, 3.05) is 25.4 Å². The second-order valence-electron chi connectivity index (χ2n) is 15.0. The number of rotatable bonds is 40. The molecule has 0 rings (SSSR count). The van der Waals surface area contributed by atoms with Gasteiger partial charge in [0.2, 0.25) is 0 Å². The summed E-state index contributed by atoms with van der Waals surface area (Å²) in [5.41, 5.74) is 0. The molecule has 0 aromatic rings. The Hall–Kier alpha value is 0.230. The van der Waals surface area contributed by atoms with Gasteiger partial charge in [0.25, 0.3) is 0 Å². The first kappa shape index (κ1) is 46.2. The maximum atomic E-state index is 10.7. The van der Waals surface area contributed by atoms with Gasteiger partial charge in [0, 0.05) is 25.4 Å². The van der Waals surface area contributed by atoms with Crippen LogP contribution in [0.15, 0.2) is 0 Å². The van der Waals surface area contributed by atoms with E-state index in [9.17, 15) is 10.2 Å². The number of aliphatic hydroxyl groups excluding tert-OH is 2. The van der Waals surface area contributed by atoms with Crippen LogP contribution in [-0.4, -0.2) is 52.7 Å². The molecule has 0 aromatic heterocycles. The molecule has 2 atom stereocenters. The largest absolute Gasteiger partial charge is 0.392 e. The van der Waals surface area contributed by atoms with Gasteiger partial charge >= 0.3 is 0 Å². The average Bonchev–Trinajstić information content (AvgIpc) is 3.04. The predicted octanol–water partition coefficient (Wildman–Crippen LogP) is 13.2. The second-order valence-corrected chi connectivity index (χ2v) is 15.4. The van der Waals surface area contributed by atoms with Crippen LogP contribution in [0.25, 0.3) is 0 Å². The lowest BCUT2D eigenvalue weighted by Gasteiger charge is -2.27. The monoisotopic (exact) mass is 670 g/mol. The number of hydrogen-bond donors (Lipinski definition) is 3. The van der Waals surface area contributed by atoms with E-state index in [4.69, 9.17) is 0 Å². The van der Waals surface area contributed by atoms with Gasteiger partial charge in [0.05, 0.1) is 12.2 Å². The molecule has 0 aromatic carbocycles. The van der Waals surface area contributed by atoms with Gasteiger partial charge in [-0.1, -0.05) is 219 Å². The van der Waals surface area contributed by atoms with Crippen LogP contribution in [0.1, 0.15) is 232 Å². The highest BCUT2D eigenvalue weighted by Crippen LogP contribution is 2.17. The van der Waals surface area contributed by atoms with Crippen molar-refractivity contribution in [3.8, 4) is 0 Å². The Morgan fingerprint density at radius 2 is 0.587 bits per heavy atom. The zero-order chi connectivity index (χ0) is 33.6. The van der Waals surface area contributed by atoms with E-state index >= 15 is 0 Å². The van der Waals surface area contributed by atoms with Crippen molar-refractivity contribution >= 4 is 12.6 Å². The Labute approximate surface area is 296 Å². The van der Waals surface area contributed by atoms with Crippen molar-refractivity contribution in [3.05, 3.63) is 0 Å². The summed E-state index contributed by atoms with van der Waals surface area (Å²) >= 11 is 4.44. The van der Waals surface area contributed by atoms with Crippen molar-refractivity contribution in [1.29, 1.82) is 0 Å². The molecule has 46 heavy (non-hydrogen) atoms. The van der Waals surface area contributed by atoms with Crippen LogP contribution in [0.4, 0.5) is 0 Å². The third kappa shape index (κ3) is 37.1. The molecule has 0 bridgehead atoms. The van der Waals surface area contributed by atoms with Gasteiger partial charge in [-0.15, -0.1) is 0 Å². The highest BCUT2D eigenvalue weighted by Gasteiger charge is 2.15. The smallest absolute Gasteiger partial charge is 0.0667 e. The van der Waals surface area contributed by atoms with Gasteiger partial charge in [-0.2, -0.15) is 12.6 Å². The molecule has 0 radical (unpaired) electrons. The van der Waals surface area contributed by atoms with E-state index in [1.165, 1.54) is 193 Å². The van der Waals surface area contributed by atoms with E-state index in [-0.39, 0.29) is 12.2 Å². The van der Waals surface area contributed by atoms with Crippen LogP contribution in [-0.2, 0) is 0 Å². The fraction of sp³-hybridized carbons (Fsp3) is 1.00. The van der Waals surface area contributed by atoms with Crippen molar-refractivity contribution < 1.29 is 10.2 Å². The summed E-state index contributed by atoms with van der Waals surface area (Å²) in [6, 6.07) is 0. The summed E-state index contributed by atoms with van der Waals surface area (Å²) in [4.78, 5) is 2.24. The molecule has 2 unspecified atom stereocenters. The first-order valence-corrected chi connectivity index (χ1v) is 22.0. The topological polar surface area (TPSA) is 43.7 Å². The molecule has 0 aliphatic rings. The van der Waals surface area contributed by atoms with Crippen LogP contribution >= 0.6 is 12.6 Å². The van der Waals surface area contributed by atoms with Gasteiger partial charge in [-0.3, -0.25) is 4.90 Å². The second kappa shape index (κ2) is 39.7. The normalized spacial score (nSPS) is 13.2. The predicted molar refractivity (Wildman–Crippen MR) is 211 cm³/mol. The Morgan fingerprint density at radius 3 is 0.804 bits per heavy atom.